The van der Waals surface area contributed by atoms with E-state index < -0.39 is 5.97 Å². The van der Waals surface area contributed by atoms with Gasteiger partial charge in [-0.05, 0) is 37.7 Å². The van der Waals surface area contributed by atoms with E-state index in [4.69, 9.17) is 0 Å². The van der Waals surface area contributed by atoms with Crippen LogP contribution in [0.25, 0.3) is 0 Å². The number of urea groups is 1. The lowest BCUT2D eigenvalue weighted by Gasteiger charge is -2.23. The molecule has 2 amide bonds. The molecule has 1 aliphatic rings. The van der Waals surface area contributed by atoms with Gasteiger partial charge in [0.05, 0.1) is 5.56 Å². The number of carboxylic acid groups (broad SMARTS) is 1. The van der Waals surface area contributed by atoms with Crippen molar-refractivity contribution >= 4 is 28.3 Å². The predicted molar refractivity (Wildman–Crippen MR) is 84.3 cm³/mol. The molecule has 0 saturated heterocycles. The number of rotatable bonds is 4. The van der Waals surface area contributed by atoms with Crippen LogP contribution in [0.15, 0.2) is 0 Å². The van der Waals surface area contributed by atoms with E-state index in [1.807, 2.05) is 6.92 Å². The minimum Gasteiger partial charge on any atom is -0.478 e. The third-order valence-electron chi connectivity index (χ3n) is 4.31. The van der Waals surface area contributed by atoms with Gasteiger partial charge in [-0.3, -0.25) is 5.32 Å². The highest BCUT2D eigenvalue weighted by Crippen LogP contribution is 2.37. The summed E-state index contributed by atoms with van der Waals surface area (Å²) in [5, 5.41) is 15.2. The summed E-state index contributed by atoms with van der Waals surface area (Å²) in [7, 11) is 0. The maximum atomic E-state index is 12.0. The number of hydrogen-bond acceptors (Lipinski definition) is 3. The summed E-state index contributed by atoms with van der Waals surface area (Å²) < 4.78 is 0. The van der Waals surface area contributed by atoms with E-state index in [-0.39, 0.29) is 17.0 Å². The highest BCUT2D eigenvalue weighted by Gasteiger charge is 2.29. The fourth-order valence-electron chi connectivity index (χ4n) is 2.82. The summed E-state index contributed by atoms with van der Waals surface area (Å²) in [6.07, 6.45) is 4.69. The molecule has 1 aromatic rings. The van der Waals surface area contributed by atoms with Crippen molar-refractivity contribution in [1.29, 1.82) is 0 Å². The third kappa shape index (κ3) is 3.56. The Hall–Kier alpha value is -1.56. The number of hydrogen-bond donors (Lipinski definition) is 3. The first-order valence-corrected chi connectivity index (χ1v) is 8.02. The van der Waals surface area contributed by atoms with E-state index in [0.29, 0.717) is 17.1 Å². The number of aromatic carboxylic acids is 1. The molecule has 1 aliphatic carbocycles. The van der Waals surface area contributed by atoms with Crippen molar-refractivity contribution < 1.29 is 14.7 Å². The third-order valence-corrected chi connectivity index (χ3v) is 5.44. The maximum absolute atomic E-state index is 12.0. The number of aryl methyl sites for hydroxylation is 1. The van der Waals surface area contributed by atoms with Gasteiger partial charge in [-0.25, -0.2) is 9.59 Å². The minimum absolute atomic E-state index is 0.175. The zero-order valence-corrected chi connectivity index (χ0v) is 13.5. The van der Waals surface area contributed by atoms with Crippen LogP contribution in [-0.2, 0) is 0 Å². The first kappa shape index (κ1) is 15.8. The minimum atomic E-state index is -1.00. The highest BCUT2D eigenvalue weighted by atomic mass is 32.1. The molecule has 1 saturated carbocycles. The van der Waals surface area contributed by atoms with Crippen LogP contribution in [0.4, 0.5) is 9.80 Å². The molecule has 0 aliphatic heterocycles. The monoisotopic (exact) mass is 310 g/mol. The SMILES string of the molecule is Cc1sc(NC(=O)NCC2(C)CCCC2)c(C(=O)O)c1C. The van der Waals surface area contributed by atoms with Crippen molar-refractivity contribution in [3.8, 4) is 0 Å². The van der Waals surface area contributed by atoms with Crippen LogP contribution in [0.3, 0.4) is 0 Å². The van der Waals surface area contributed by atoms with Gasteiger partial charge in [0, 0.05) is 11.4 Å². The fraction of sp³-hybridized carbons (Fsp3) is 0.600. The lowest BCUT2D eigenvalue weighted by molar-refractivity contribution is 0.0697. The average Bonchev–Trinajstić information content (AvgIpc) is 2.93. The molecule has 0 spiro atoms. The molecular weight excluding hydrogens is 288 g/mol. The van der Waals surface area contributed by atoms with Gasteiger partial charge >= 0.3 is 12.0 Å². The van der Waals surface area contributed by atoms with Gasteiger partial charge in [0.25, 0.3) is 0 Å². The fourth-order valence-corrected chi connectivity index (χ4v) is 3.87. The van der Waals surface area contributed by atoms with Crippen molar-refractivity contribution in [2.24, 2.45) is 5.41 Å². The number of carboxylic acids is 1. The zero-order valence-electron chi connectivity index (χ0n) is 12.7. The van der Waals surface area contributed by atoms with Gasteiger partial charge in [-0.2, -0.15) is 0 Å². The molecule has 1 heterocycles. The van der Waals surface area contributed by atoms with Crippen molar-refractivity contribution in [3.63, 3.8) is 0 Å². The van der Waals surface area contributed by atoms with Crippen LogP contribution in [0, 0.1) is 19.3 Å². The Morgan fingerprint density at radius 1 is 1.29 bits per heavy atom. The van der Waals surface area contributed by atoms with Crippen LogP contribution < -0.4 is 10.6 Å². The van der Waals surface area contributed by atoms with Crippen molar-refractivity contribution in [2.75, 3.05) is 11.9 Å². The molecule has 0 atom stereocenters. The Bertz CT molecular complexity index is 560. The van der Waals surface area contributed by atoms with E-state index in [1.165, 1.54) is 24.2 Å². The smallest absolute Gasteiger partial charge is 0.338 e. The maximum Gasteiger partial charge on any atom is 0.338 e. The van der Waals surface area contributed by atoms with E-state index in [2.05, 4.69) is 17.6 Å². The number of amides is 2. The van der Waals surface area contributed by atoms with Crippen LogP contribution in [-0.4, -0.2) is 23.7 Å². The van der Waals surface area contributed by atoms with Gasteiger partial charge < -0.3 is 10.4 Å². The summed E-state index contributed by atoms with van der Waals surface area (Å²) in [5.74, 6) is -1.00. The number of thiophene rings is 1. The molecule has 2 rings (SSSR count). The van der Waals surface area contributed by atoms with Crippen LogP contribution in [0.2, 0.25) is 0 Å². The molecule has 3 N–H and O–H groups in total. The topological polar surface area (TPSA) is 78.4 Å². The molecule has 0 bridgehead atoms. The zero-order chi connectivity index (χ0) is 15.6. The molecular formula is C15H22N2O3S. The molecule has 0 aromatic carbocycles. The second-order valence-corrected chi connectivity index (χ2v) is 7.34. The predicted octanol–water partition coefficient (Wildman–Crippen LogP) is 3.76. The van der Waals surface area contributed by atoms with Gasteiger partial charge in [-0.15, -0.1) is 11.3 Å². The van der Waals surface area contributed by atoms with E-state index in [1.54, 1.807) is 6.92 Å². The van der Waals surface area contributed by atoms with Crippen molar-refractivity contribution in [1.82, 2.24) is 5.32 Å². The standard InChI is InChI=1S/C15H22N2O3S/c1-9-10(2)21-12(11(9)13(18)19)17-14(20)16-8-15(3)6-4-5-7-15/h4-8H2,1-3H3,(H,18,19)(H2,16,17,20). The van der Waals surface area contributed by atoms with Crippen molar-refractivity contribution in [2.45, 2.75) is 46.5 Å². The molecule has 21 heavy (non-hydrogen) atoms. The van der Waals surface area contributed by atoms with Gasteiger partial charge in [0.1, 0.15) is 5.00 Å². The Morgan fingerprint density at radius 2 is 1.90 bits per heavy atom. The van der Waals surface area contributed by atoms with Crippen molar-refractivity contribution in [3.05, 3.63) is 16.0 Å². The summed E-state index contributed by atoms with van der Waals surface area (Å²) in [6, 6.07) is -0.327. The Morgan fingerprint density at radius 3 is 2.48 bits per heavy atom. The highest BCUT2D eigenvalue weighted by molar-refractivity contribution is 7.16. The van der Waals surface area contributed by atoms with Crippen LogP contribution in [0.5, 0.6) is 0 Å². The molecule has 5 nitrogen and oxygen atoms in total. The lowest BCUT2D eigenvalue weighted by atomic mass is 9.89. The Balaban J connectivity index is 2.00. The molecule has 6 heteroatoms. The van der Waals surface area contributed by atoms with E-state index in [0.717, 1.165) is 17.7 Å². The number of nitrogens with one attached hydrogen (secondary N) is 2. The van der Waals surface area contributed by atoms with Crippen LogP contribution in [0.1, 0.15) is 53.4 Å². The number of carbonyl (C=O) groups excluding carboxylic acids is 1. The van der Waals surface area contributed by atoms with Gasteiger partial charge in [0.2, 0.25) is 0 Å². The van der Waals surface area contributed by atoms with Crippen LogP contribution >= 0.6 is 11.3 Å². The molecule has 116 valence electrons. The summed E-state index contributed by atoms with van der Waals surface area (Å²) in [6.45, 7) is 6.43. The Kier molecular flexibility index (Phi) is 4.56. The van der Waals surface area contributed by atoms with Gasteiger partial charge in [0.15, 0.2) is 0 Å². The summed E-state index contributed by atoms with van der Waals surface area (Å²) in [4.78, 5) is 24.2. The molecule has 1 fully saturated rings. The summed E-state index contributed by atoms with van der Waals surface area (Å²) >= 11 is 1.30. The summed E-state index contributed by atoms with van der Waals surface area (Å²) in [5.41, 5.74) is 1.08. The lowest BCUT2D eigenvalue weighted by Crippen LogP contribution is -2.36. The van der Waals surface area contributed by atoms with Gasteiger partial charge in [-0.1, -0.05) is 19.8 Å². The first-order chi connectivity index (χ1) is 9.82. The van der Waals surface area contributed by atoms with E-state index in [9.17, 15) is 14.7 Å². The number of anilines is 1. The number of carbonyl (C=O) groups is 2. The molecule has 0 radical (unpaired) electrons. The average molecular weight is 310 g/mol. The molecule has 0 unspecified atom stereocenters. The molecule has 1 aromatic heterocycles. The second-order valence-electron chi connectivity index (χ2n) is 6.12. The quantitative estimate of drug-likeness (QED) is 0.792. The first-order valence-electron chi connectivity index (χ1n) is 7.20. The second kappa shape index (κ2) is 6.05. The largest absolute Gasteiger partial charge is 0.478 e. The Labute approximate surface area is 128 Å². The normalized spacial score (nSPS) is 16.7. The van der Waals surface area contributed by atoms with E-state index >= 15 is 0 Å².